The van der Waals surface area contributed by atoms with Gasteiger partial charge >= 0.3 is 18.3 Å². The number of likely N-dealkylation sites (tertiary alicyclic amines) is 1. The molecule has 1 fully saturated rings. The maximum absolute atomic E-state index is 12.8. The van der Waals surface area contributed by atoms with E-state index in [1.54, 1.807) is 20.8 Å². The molecule has 0 bridgehead atoms. The highest BCUT2D eigenvalue weighted by molar-refractivity contribution is 5.74. The second-order valence-electron chi connectivity index (χ2n) is 8.23. The third kappa shape index (κ3) is 6.01. The first-order chi connectivity index (χ1) is 13.8. The van der Waals surface area contributed by atoms with Crippen molar-refractivity contribution < 1.29 is 32.3 Å². The van der Waals surface area contributed by atoms with Crippen LogP contribution in [0.3, 0.4) is 0 Å². The van der Waals surface area contributed by atoms with Crippen LogP contribution in [0, 0.1) is 0 Å². The average molecular weight is 431 g/mol. The van der Waals surface area contributed by atoms with Crippen molar-refractivity contribution in [3.05, 3.63) is 35.4 Å². The van der Waals surface area contributed by atoms with Gasteiger partial charge in [0.15, 0.2) is 0 Å². The monoisotopic (exact) mass is 431 g/mol. The van der Waals surface area contributed by atoms with Crippen molar-refractivity contribution in [3.8, 4) is 0 Å². The smallest absolute Gasteiger partial charge is 0.416 e. The Bertz CT molecular complexity index is 747. The molecule has 0 spiro atoms. The molecule has 10 heteroatoms. The van der Waals surface area contributed by atoms with E-state index in [1.807, 2.05) is 0 Å². The fourth-order valence-electron chi connectivity index (χ4n) is 3.39. The van der Waals surface area contributed by atoms with Gasteiger partial charge < -0.3 is 9.64 Å². The van der Waals surface area contributed by atoms with Crippen molar-refractivity contribution in [2.24, 2.45) is 0 Å². The first-order valence-corrected chi connectivity index (χ1v) is 9.56. The Labute approximate surface area is 174 Å². The summed E-state index contributed by atoms with van der Waals surface area (Å²) in [6, 6.07) is 4.42. The van der Waals surface area contributed by atoms with Gasteiger partial charge in [0.1, 0.15) is 11.8 Å². The van der Waals surface area contributed by atoms with E-state index in [0.29, 0.717) is 18.4 Å². The van der Waals surface area contributed by atoms with Crippen LogP contribution in [0.4, 0.5) is 22.8 Å². The first-order valence-electron chi connectivity index (χ1n) is 9.56. The predicted octanol–water partition coefficient (Wildman–Crippen LogP) is 4.35. The van der Waals surface area contributed by atoms with Gasteiger partial charge in [-0.1, -0.05) is 12.1 Å². The van der Waals surface area contributed by atoms with Crippen molar-refractivity contribution in [1.29, 1.82) is 0 Å². The molecular formula is C20H28F3N3O4. The number of alkyl halides is 3. The number of urea groups is 1. The number of amides is 3. The Morgan fingerprint density at radius 3 is 2.23 bits per heavy atom. The largest absolute Gasteiger partial charge is 0.444 e. The van der Waals surface area contributed by atoms with E-state index >= 15 is 0 Å². The number of ether oxygens (including phenoxy) is 1. The highest BCUT2D eigenvalue weighted by Gasteiger charge is 2.38. The molecule has 7 nitrogen and oxygen atoms in total. The number of carbonyl (C=O) groups excluding carboxylic acids is 2. The first kappa shape index (κ1) is 23.8. The second kappa shape index (κ2) is 9.11. The van der Waals surface area contributed by atoms with Gasteiger partial charge in [0.2, 0.25) is 0 Å². The van der Waals surface area contributed by atoms with Crippen LogP contribution in [0.15, 0.2) is 24.3 Å². The third-order valence-corrected chi connectivity index (χ3v) is 4.84. The Morgan fingerprint density at radius 1 is 1.13 bits per heavy atom. The standard InChI is InChI=1S/C20H28F3N3O4/c1-19(2,3)30-18(28)26-12-14(8-11-16(26)25(4)17(27)24-29-5)13-6-9-15(10-7-13)20(21,22)23/h6-7,9-10,14,16H,8,11-12H2,1-5H3,(H,24,27)/t14-,16+/m1/s1. The molecule has 0 saturated carbocycles. The number of benzene rings is 1. The van der Waals surface area contributed by atoms with Crippen molar-refractivity contribution >= 4 is 12.1 Å². The van der Waals surface area contributed by atoms with Crippen molar-refractivity contribution in [2.45, 2.75) is 57.5 Å². The Hall–Kier alpha value is -2.49. The molecule has 1 aromatic carbocycles. The van der Waals surface area contributed by atoms with Crippen LogP contribution in [0.1, 0.15) is 50.7 Å². The fourth-order valence-corrected chi connectivity index (χ4v) is 3.39. The molecule has 1 aromatic rings. The van der Waals surface area contributed by atoms with E-state index < -0.39 is 35.6 Å². The summed E-state index contributed by atoms with van der Waals surface area (Å²) < 4.78 is 44.0. The molecule has 0 unspecified atom stereocenters. The van der Waals surface area contributed by atoms with Gasteiger partial charge in [-0.25, -0.2) is 15.1 Å². The number of nitrogens with one attached hydrogen (secondary N) is 1. The molecule has 0 radical (unpaired) electrons. The summed E-state index contributed by atoms with van der Waals surface area (Å²) in [5, 5.41) is 0. The van der Waals surface area contributed by atoms with Crippen LogP contribution in [-0.4, -0.2) is 54.4 Å². The van der Waals surface area contributed by atoms with E-state index in [-0.39, 0.29) is 12.5 Å². The zero-order chi connectivity index (χ0) is 22.7. The van der Waals surface area contributed by atoms with Gasteiger partial charge in [-0.15, -0.1) is 0 Å². The maximum atomic E-state index is 12.8. The molecule has 2 atom stereocenters. The van der Waals surface area contributed by atoms with Crippen LogP contribution < -0.4 is 5.48 Å². The minimum Gasteiger partial charge on any atom is -0.444 e. The third-order valence-electron chi connectivity index (χ3n) is 4.84. The molecule has 0 aromatic heterocycles. The molecule has 1 heterocycles. The zero-order valence-corrected chi connectivity index (χ0v) is 17.7. The van der Waals surface area contributed by atoms with Gasteiger partial charge in [0.25, 0.3) is 0 Å². The zero-order valence-electron chi connectivity index (χ0n) is 17.7. The lowest BCUT2D eigenvalue weighted by molar-refractivity contribution is -0.137. The minimum atomic E-state index is -4.41. The summed E-state index contributed by atoms with van der Waals surface area (Å²) in [6.45, 7) is 5.41. The Morgan fingerprint density at radius 2 is 1.73 bits per heavy atom. The number of piperidine rings is 1. The summed E-state index contributed by atoms with van der Waals surface area (Å²) >= 11 is 0. The molecule has 30 heavy (non-hydrogen) atoms. The molecule has 168 valence electrons. The number of rotatable bonds is 3. The molecule has 1 aliphatic heterocycles. The number of halogens is 3. The van der Waals surface area contributed by atoms with Gasteiger partial charge in [-0.3, -0.25) is 9.74 Å². The van der Waals surface area contributed by atoms with Crippen LogP contribution >= 0.6 is 0 Å². The highest BCUT2D eigenvalue weighted by Crippen LogP contribution is 2.35. The Balaban J connectivity index is 2.25. The lowest BCUT2D eigenvalue weighted by Crippen LogP contribution is -2.57. The van der Waals surface area contributed by atoms with Gasteiger partial charge in [-0.05, 0) is 51.3 Å². The van der Waals surface area contributed by atoms with Crippen LogP contribution in [-0.2, 0) is 15.8 Å². The lowest BCUT2D eigenvalue weighted by Gasteiger charge is -2.43. The predicted molar refractivity (Wildman–Crippen MR) is 103 cm³/mol. The molecular weight excluding hydrogens is 403 g/mol. The van der Waals surface area contributed by atoms with Crippen LogP contribution in [0.25, 0.3) is 0 Å². The summed E-state index contributed by atoms with van der Waals surface area (Å²) in [6.07, 6.45) is -4.57. The molecule has 0 aliphatic carbocycles. The molecule has 1 saturated heterocycles. The maximum Gasteiger partial charge on any atom is 0.416 e. The van der Waals surface area contributed by atoms with Gasteiger partial charge in [-0.2, -0.15) is 13.2 Å². The number of carbonyl (C=O) groups is 2. The molecule has 1 aliphatic rings. The lowest BCUT2D eigenvalue weighted by atomic mass is 9.88. The number of nitrogens with zero attached hydrogens (tertiary/aromatic N) is 2. The summed E-state index contributed by atoms with van der Waals surface area (Å²) in [5.41, 5.74) is 1.45. The van der Waals surface area contributed by atoms with E-state index in [9.17, 15) is 22.8 Å². The SMILES string of the molecule is CONC(=O)N(C)[C@@H]1CC[C@@H](c2ccc(C(F)(F)F)cc2)CN1C(=O)OC(C)(C)C. The summed E-state index contributed by atoms with van der Waals surface area (Å²) in [4.78, 5) is 32.5. The highest BCUT2D eigenvalue weighted by atomic mass is 19.4. The normalized spacial score (nSPS) is 19.9. The number of hydroxylamine groups is 1. The molecule has 3 amide bonds. The van der Waals surface area contributed by atoms with E-state index in [2.05, 4.69) is 10.3 Å². The topological polar surface area (TPSA) is 71.1 Å². The summed E-state index contributed by atoms with van der Waals surface area (Å²) in [5.74, 6) is -0.185. The van der Waals surface area contributed by atoms with E-state index in [1.165, 1.54) is 36.1 Å². The minimum absolute atomic E-state index is 0.185. The fraction of sp³-hybridized carbons (Fsp3) is 0.600. The van der Waals surface area contributed by atoms with Crippen LogP contribution in [0.5, 0.6) is 0 Å². The molecule has 2 rings (SSSR count). The van der Waals surface area contributed by atoms with E-state index in [4.69, 9.17) is 4.74 Å². The van der Waals surface area contributed by atoms with Crippen molar-refractivity contribution in [3.63, 3.8) is 0 Å². The Kier molecular flexibility index (Phi) is 7.23. The van der Waals surface area contributed by atoms with Gasteiger partial charge in [0, 0.05) is 19.5 Å². The van der Waals surface area contributed by atoms with Gasteiger partial charge in [0.05, 0.1) is 12.7 Å². The average Bonchev–Trinajstić information content (AvgIpc) is 2.65. The van der Waals surface area contributed by atoms with Crippen molar-refractivity contribution in [2.75, 3.05) is 20.7 Å². The van der Waals surface area contributed by atoms with E-state index in [0.717, 1.165) is 12.1 Å². The van der Waals surface area contributed by atoms with Crippen LogP contribution in [0.2, 0.25) is 0 Å². The number of hydrogen-bond acceptors (Lipinski definition) is 4. The number of hydrogen-bond donors (Lipinski definition) is 1. The quantitative estimate of drug-likeness (QED) is 0.723. The second-order valence-corrected chi connectivity index (χ2v) is 8.23. The molecule has 1 N–H and O–H groups in total. The summed E-state index contributed by atoms with van der Waals surface area (Å²) in [7, 11) is 2.84. The van der Waals surface area contributed by atoms with Crippen molar-refractivity contribution in [1.82, 2.24) is 15.3 Å².